The Kier molecular flexibility index (Phi) is 10.1. The lowest BCUT2D eigenvalue weighted by molar-refractivity contribution is -0.156. The number of benzene rings is 2. The predicted molar refractivity (Wildman–Crippen MR) is 151 cm³/mol. The Bertz CT molecular complexity index is 1330. The van der Waals surface area contributed by atoms with Crippen molar-refractivity contribution in [3.05, 3.63) is 70.6 Å². The molecule has 0 spiro atoms. The molecule has 3 aromatic rings. The van der Waals surface area contributed by atoms with Crippen LogP contribution >= 0.6 is 11.3 Å². The van der Waals surface area contributed by atoms with Crippen LogP contribution in [0.15, 0.2) is 59.5 Å². The molecule has 0 bridgehead atoms. The van der Waals surface area contributed by atoms with Crippen LogP contribution in [0.25, 0.3) is 10.4 Å². The van der Waals surface area contributed by atoms with Gasteiger partial charge in [-0.05, 0) is 67.8 Å². The first-order valence-electron chi connectivity index (χ1n) is 13.1. The van der Waals surface area contributed by atoms with Crippen LogP contribution in [0.5, 0.6) is 5.75 Å². The molecule has 2 aromatic carbocycles. The third-order valence-corrected chi connectivity index (χ3v) is 9.57. The highest BCUT2D eigenvalue weighted by Gasteiger charge is 2.26. The SMILES string of the molecule is CCOC(=O)C(Cc1ccc(OCc2sc(-c3ccc(S(=O)(=O)N4CCOCC4)cc3)cc2C)cc1)OCC. The predicted octanol–water partition coefficient (Wildman–Crippen LogP) is 4.83. The van der Waals surface area contributed by atoms with Gasteiger partial charge in [0.05, 0.1) is 24.7 Å². The third-order valence-electron chi connectivity index (χ3n) is 6.40. The van der Waals surface area contributed by atoms with E-state index in [1.807, 2.05) is 50.2 Å². The van der Waals surface area contributed by atoms with E-state index >= 15 is 0 Å². The Morgan fingerprint density at radius 1 is 1.03 bits per heavy atom. The second kappa shape index (κ2) is 13.5. The normalized spacial score (nSPS) is 15.2. The molecule has 39 heavy (non-hydrogen) atoms. The average Bonchev–Trinajstić information content (AvgIpc) is 3.33. The van der Waals surface area contributed by atoms with Gasteiger partial charge in [-0.25, -0.2) is 13.2 Å². The van der Waals surface area contributed by atoms with Crippen LogP contribution in [-0.2, 0) is 42.1 Å². The molecule has 4 rings (SSSR count). The Morgan fingerprint density at radius 3 is 2.36 bits per heavy atom. The molecule has 10 heteroatoms. The van der Waals surface area contributed by atoms with Crippen molar-refractivity contribution in [1.29, 1.82) is 0 Å². The average molecular weight is 574 g/mol. The summed E-state index contributed by atoms with van der Waals surface area (Å²) in [6.07, 6.45) is -0.185. The number of thiophene rings is 1. The van der Waals surface area contributed by atoms with Crippen molar-refractivity contribution in [3.63, 3.8) is 0 Å². The minimum atomic E-state index is -3.52. The molecule has 0 amide bonds. The first-order valence-corrected chi connectivity index (χ1v) is 15.3. The standard InChI is InChI=1S/C29H35NO7S2/c1-4-35-26(29(31)36-5-2)19-22-6-10-24(11-7-22)37-20-28-21(3)18-27(38-28)23-8-12-25(13-9-23)39(32,33)30-14-16-34-17-15-30/h6-13,18,26H,4-5,14-17,19-20H2,1-3H3. The number of carbonyl (C=O) groups excluding carboxylic acids is 1. The van der Waals surface area contributed by atoms with E-state index in [4.69, 9.17) is 18.9 Å². The summed E-state index contributed by atoms with van der Waals surface area (Å²) >= 11 is 1.63. The molecule has 1 aliphatic heterocycles. The summed E-state index contributed by atoms with van der Waals surface area (Å²) in [7, 11) is -3.52. The minimum absolute atomic E-state index is 0.295. The van der Waals surface area contributed by atoms with E-state index in [1.165, 1.54) is 4.31 Å². The minimum Gasteiger partial charge on any atom is -0.488 e. The van der Waals surface area contributed by atoms with Gasteiger partial charge in [0.1, 0.15) is 12.4 Å². The summed E-state index contributed by atoms with van der Waals surface area (Å²) in [6, 6.07) is 16.8. The van der Waals surface area contributed by atoms with Gasteiger partial charge in [-0.1, -0.05) is 24.3 Å². The van der Waals surface area contributed by atoms with E-state index in [-0.39, 0.29) is 5.97 Å². The first kappa shape index (κ1) is 29.2. The maximum atomic E-state index is 12.9. The number of morpholine rings is 1. The first-order chi connectivity index (χ1) is 18.8. The van der Waals surface area contributed by atoms with Gasteiger partial charge in [-0.2, -0.15) is 4.31 Å². The van der Waals surface area contributed by atoms with E-state index in [2.05, 4.69) is 6.07 Å². The Morgan fingerprint density at radius 2 is 1.72 bits per heavy atom. The fourth-order valence-corrected chi connectivity index (χ4v) is 6.76. The van der Waals surface area contributed by atoms with E-state index in [0.717, 1.165) is 32.2 Å². The van der Waals surface area contributed by atoms with E-state index in [9.17, 15) is 13.2 Å². The van der Waals surface area contributed by atoms with Crippen molar-refractivity contribution in [2.75, 3.05) is 39.5 Å². The fraction of sp³-hybridized carbons (Fsp3) is 0.414. The van der Waals surface area contributed by atoms with Gasteiger partial charge in [0.2, 0.25) is 10.0 Å². The molecule has 1 atom stereocenters. The molecule has 1 fully saturated rings. The van der Waals surface area contributed by atoms with Crippen molar-refractivity contribution in [2.24, 2.45) is 0 Å². The maximum absolute atomic E-state index is 12.9. The lowest BCUT2D eigenvalue weighted by atomic mass is 10.1. The summed E-state index contributed by atoms with van der Waals surface area (Å²) < 4.78 is 49.3. The number of hydrogen-bond acceptors (Lipinski definition) is 8. The van der Waals surface area contributed by atoms with E-state index < -0.39 is 16.1 Å². The lowest BCUT2D eigenvalue weighted by Crippen LogP contribution is -2.40. The third kappa shape index (κ3) is 7.46. The van der Waals surface area contributed by atoms with Crippen LogP contribution in [0.3, 0.4) is 0 Å². The molecule has 0 radical (unpaired) electrons. The molecular formula is C29H35NO7S2. The number of hydrogen-bond donors (Lipinski definition) is 0. The quantitative estimate of drug-likeness (QED) is 0.287. The monoisotopic (exact) mass is 573 g/mol. The second-order valence-corrected chi connectivity index (χ2v) is 12.2. The molecule has 1 saturated heterocycles. The number of nitrogens with zero attached hydrogens (tertiary/aromatic N) is 1. The van der Waals surface area contributed by atoms with Gasteiger partial charge >= 0.3 is 5.97 Å². The molecule has 8 nitrogen and oxygen atoms in total. The summed E-state index contributed by atoms with van der Waals surface area (Å²) in [5.41, 5.74) is 3.04. The maximum Gasteiger partial charge on any atom is 0.335 e. The van der Waals surface area contributed by atoms with E-state index in [0.29, 0.717) is 57.4 Å². The van der Waals surface area contributed by atoms with Gasteiger partial charge in [0, 0.05) is 35.9 Å². The van der Waals surface area contributed by atoms with Crippen LogP contribution < -0.4 is 4.74 Å². The summed E-state index contributed by atoms with van der Waals surface area (Å²) in [6.45, 7) is 8.45. The summed E-state index contributed by atoms with van der Waals surface area (Å²) in [5, 5.41) is 0. The number of rotatable bonds is 12. The molecule has 0 aliphatic carbocycles. The topological polar surface area (TPSA) is 91.4 Å². The zero-order valence-corrected chi connectivity index (χ0v) is 24.2. The van der Waals surface area contributed by atoms with E-state index in [1.54, 1.807) is 30.4 Å². The van der Waals surface area contributed by atoms with Gasteiger partial charge < -0.3 is 18.9 Å². The smallest absolute Gasteiger partial charge is 0.335 e. The number of carbonyl (C=O) groups is 1. The number of ether oxygens (including phenoxy) is 4. The van der Waals surface area contributed by atoms with Crippen molar-refractivity contribution in [3.8, 4) is 16.2 Å². The van der Waals surface area contributed by atoms with Crippen molar-refractivity contribution < 1.29 is 32.2 Å². The second-order valence-electron chi connectivity index (χ2n) is 9.09. The molecule has 2 heterocycles. The van der Waals surface area contributed by atoms with Crippen LogP contribution in [-0.4, -0.2) is 64.3 Å². The highest BCUT2D eigenvalue weighted by atomic mass is 32.2. The summed E-state index contributed by atoms with van der Waals surface area (Å²) in [4.78, 5) is 14.6. The van der Waals surface area contributed by atoms with Crippen molar-refractivity contribution in [1.82, 2.24) is 4.31 Å². The highest BCUT2D eigenvalue weighted by Crippen LogP contribution is 2.33. The lowest BCUT2D eigenvalue weighted by Gasteiger charge is -2.26. The fourth-order valence-electron chi connectivity index (χ4n) is 4.26. The van der Waals surface area contributed by atoms with Crippen LogP contribution in [0.4, 0.5) is 0 Å². The van der Waals surface area contributed by atoms with Crippen LogP contribution in [0.1, 0.15) is 29.9 Å². The molecular weight excluding hydrogens is 538 g/mol. The van der Waals surface area contributed by atoms with Crippen molar-refractivity contribution in [2.45, 2.75) is 44.8 Å². The molecule has 0 N–H and O–H groups in total. The number of esters is 1. The van der Waals surface area contributed by atoms with Crippen LogP contribution in [0, 0.1) is 6.92 Å². The summed E-state index contributed by atoms with van der Waals surface area (Å²) in [5.74, 6) is 0.381. The molecule has 1 aromatic heterocycles. The molecule has 1 aliphatic rings. The van der Waals surface area contributed by atoms with Crippen molar-refractivity contribution >= 4 is 27.3 Å². The Hall–Kier alpha value is -2.76. The van der Waals surface area contributed by atoms with Gasteiger partial charge in [-0.3, -0.25) is 0 Å². The van der Waals surface area contributed by atoms with Gasteiger partial charge in [0.15, 0.2) is 6.10 Å². The molecule has 210 valence electrons. The number of aryl methyl sites for hydroxylation is 1. The largest absolute Gasteiger partial charge is 0.488 e. The highest BCUT2D eigenvalue weighted by molar-refractivity contribution is 7.89. The zero-order valence-electron chi connectivity index (χ0n) is 22.6. The van der Waals surface area contributed by atoms with Gasteiger partial charge in [0.25, 0.3) is 0 Å². The zero-order chi connectivity index (χ0) is 27.8. The Balaban J connectivity index is 1.37. The number of sulfonamides is 1. The Labute approximate surface area is 234 Å². The molecule has 1 unspecified atom stereocenters. The molecule has 0 saturated carbocycles. The van der Waals surface area contributed by atoms with Crippen LogP contribution in [0.2, 0.25) is 0 Å². The van der Waals surface area contributed by atoms with Gasteiger partial charge in [-0.15, -0.1) is 11.3 Å².